The maximum Gasteiger partial charge on any atom is 0.326 e. The van der Waals surface area contributed by atoms with Crippen LogP contribution >= 0.6 is 0 Å². The standard InChI is InChI=1S/C12H21NO4/c1-2-3-4-10(12(15)16)13-11(14)8-17-7-9-5-6-9/h9-10H,2-8H2,1H3,(H,13,14)(H,15,16)/t10-/m0/s1. The lowest BCUT2D eigenvalue weighted by Crippen LogP contribution is -2.42. The van der Waals surface area contributed by atoms with E-state index < -0.39 is 12.0 Å². The fraction of sp³-hybridized carbons (Fsp3) is 0.833. The molecule has 0 unspecified atom stereocenters. The lowest BCUT2D eigenvalue weighted by atomic mass is 10.1. The zero-order valence-corrected chi connectivity index (χ0v) is 10.3. The molecule has 1 amide bonds. The minimum Gasteiger partial charge on any atom is -0.480 e. The smallest absolute Gasteiger partial charge is 0.326 e. The Balaban J connectivity index is 2.16. The van der Waals surface area contributed by atoms with Gasteiger partial charge in [0, 0.05) is 0 Å². The Kier molecular flexibility index (Phi) is 5.97. The molecule has 5 nitrogen and oxygen atoms in total. The minimum atomic E-state index is -0.978. The molecule has 0 aliphatic heterocycles. The van der Waals surface area contributed by atoms with Crippen LogP contribution in [0.2, 0.25) is 0 Å². The molecule has 1 aliphatic carbocycles. The molecule has 0 aromatic rings. The third kappa shape index (κ3) is 6.26. The lowest BCUT2D eigenvalue weighted by Gasteiger charge is -2.14. The maximum absolute atomic E-state index is 11.4. The number of carbonyl (C=O) groups is 2. The van der Waals surface area contributed by atoms with Crippen LogP contribution in [0.3, 0.4) is 0 Å². The molecule has 1 saturated carbocycles. The van der Waals surface area contributed by atoms with E-state index in [4.69, 9.17) is 9.84 Å². The highest BCUT2D eigenvalue weighted by molar-refractivity contribution is 5.84. The first-order valence-electron chi connectivity index (χ1n) is 6.23. The molecule has 0 saturated heterocycles. The molecule has 1 fully saturated rings. The van der Waals surface area contributed by atoms with Crippen LogP contribution < -0.4 is 5.32 Å². The molecule has 98 valence electrons. The summed E-state index contributed by atoms with van der Waals surface area (Å²) in [6, 6.07) is -0.785. The van der Waals surface area contributed by atoms with Crippen molar-refractivity contribution in [3.8, 4) is 0 Å². The molecule has 0 radical (unpaired) electrons. The Hall–Kier alpha value is -1.10. The fourth-order valence-corrected chi connectivity index (χ4v) is 1.50. The van der Waals surface area contributed by atoms with Crippen molar-refractivity contribution in [2.75, 3.05) is 13.2 Å². The molecule has 17 heavy (non-hydrogen) atoms. The largest absolute Gasteiger partial charge is 0.480 e. The summed E-state index contributed by atoms with van der Waals surface area (Å²) in [5.41, 5.74) is 0. The van der Waals surface area contributed by atoms with Crippen LogP contribution in [0.15, 0.2) is 0 Å². The Bertz CT molecular complexity index is 263. The quantitative estimate of drug-likeness (QED) is 0.637. The van der Waals surface area contributed by atoms with Gasteiger partial charge in [-0.15, -0.1) is 0 Å². The number of rotatable bonds is 9. The summed E-state index contributed by atoms with van der Waals surface area (Å²) >= 11 is 0. The third-order valence-corrected chi connectivity index (χ3v) is 2.76. The molecule has 2 N–H and O–H groups in total. The summed E-state index contributed by atoms with van der Waals surface area (Å²) < 4.78 is 5.20. The lowest BCUT2D eigenvalue weighted by molar-refractivity contribution is -0.142. The highest BCUT2D eigenvalue weighted by Crippen LogP contribution is 2.28. The summed E-state index contributed by atoms with van der Waals surface area (Å²) in [5, 5.41) is 11.4. The Labute approximate surface area is 102 Å². The van der Waals surface area contributed by atoms with Crippen LogP contribution in [0.1, 0.15) is 39.0 Å². The van der Waals surface area contributed by atoms with Crippen molar-refractivity contribution >= 4 is 11.9 Å². The number of ether oxygens (including phenoxy) is 1. The van der Waals surface area contributed by atoms with E-state index in [0.29, 0.717) is 18.9 Å². The van der Waals surface area contributed by atoms with Crippen molar-refractivity contribution in [2.24, 2.45) is 5.92 Å². The first-order chi connectivity index (χ1) is 8.13. The predicted octanol–water partition coefficient (Wildman–Crippen LogP) is 1.17. The number of unbranched alkanes of at least 4 members (excludes halogenated alkanes) is 1. The van der Waals surface area contributed by atoms with E-state index in [9.17, 15) is 9.59 Å². The normalized spacial score (nSPS) is 16.5. The van der Waals surface area contributed by atoms with Gasteiger partial charge in [0.1, 0.15) is 12.6 Å². The van der Waals surface area contributed by atoms with Gasteiger partial charge in [-0.05, 0) is 25.2 Å². The zero-order chi connectivity index (χ0) is 12.7. The van der Waals surface area contributed by atoms with Crippen molar-refractivity contribution in [2.45, 2.75) is 45.1 Å². The Morgan fingerprint density at radius 3 is 2.71 bits per heavy atom. The van der Waals surface area contributed by atoms with E-state index in [1.54, 1.807) is 0 Å². The SMILES string of the molecule is CCCC[C@H](NC(=O)COCC1CC1)C(=O)O. The Morgan fingerprint density at radius 1 is 1.47 bits per heavy atom. The number of carbonyl (C=O) groups excluding carboxylic acids is 1. The maximum atomic E-state index is 11.4. The Morgan fingerprint density at radius 2 is 2.18 bits per heavy atom. The first-order valence-corrected chi connectivity index (χ1v) is 6.23. The monoisotopic (exact) mass is 243 g/mol. The van der Waals surface area contributed by atoms with Crippen molar-refractivity contribution in [1.82, 2.24) is 5.32 Å². The number of hydrogen-bond donors (Lipinski definition) is 2. The second kappa shape index (κ2) is 7.27. The summed E-state index contributed by atoms with van der Waals surface area (Å²) in [4.78, 5) is 22.3. The number of amides is 1. The number of aliphatic carboxylic acids is 1. The molecule has 0 aromatic heterocycles. The molecule has 0 aromatic carbocycles. The number of hydrogen-bond acceptors (Lipinski definition) is 3. The first kappa shape index (κ1) is 14.0. The van der Waals surface area contributed by atoms with Gasteiger partial charge < -0.3 is 15.2 Å². The van der Waals surface area contributed by atoms with E-state index >= 15 is 0 Å². The van der Waals surface area contributed by atoms with Gasteiger partial charge in [-0.1, -0.05) is 19.8 Å². The number of carboxylic acid groups (broad SMARTS) is 1. The van der Waals surface area contributed by atoms with Crippen molar-refractivity contribution in [3.05, 3.63) is 0 Å². The number of carboxylic acids is 1. The van der Waals surface area contributed by atoms with Gasteiger partial charge in [0.25, 0.3) is 0 Å². The highest BCUT2D eigenvalue weighted by atomic mass is 16.5. The molecule has 0 spiro atoms. The average molecular weight is 243 g/mol. The van der Waals surface area contributed by atoms with Crippen LogP contribution in [0.4, 0.5) is 0 Å². The second-order valence-electron chi connectivity index (χ2n) is 4.56. The van der Waals surface area contributed by atoms with Gasteiger partial charge in [-0.2, -0.15) is 0 Å². The minimum absolute atomic E-state index is 0.0353. The van der Waals surface area contributed by atoms with Crippen LogP contribution in [0, 0.1) is 5.92 Å². The van der Waals surface area contributed by atoms with Crippen LogP contribution in [-0.4, -0.2) is 36.2 Å². The van der Waals surface area contributed by atoms with Crippen molar-refractivity contribution < 1.29 is 19.4 Å². The third-order valence-electron chi connectivity index (χ3n) is 2.76. The molecule has 1 atom stereocenters. The van der Waals surface area contributed by atoms with Crippen LogP contribution in [-0.2, 0) is 14.3 Å². The van der Waals surface area contributed by atoms with Crippen LogP contribution in [0.25, 0.3) is 0 Å². The summed E-state index contributed by atoms with van der Waals surface area (Å²) in [7, 11) is 0. The van der Waals surface area contributed by atoms with Gasteiger partial charge in [-0.25, -0.2) is 4.79 Å². The van der Waals surface area contributed by atoms with Gasteiger partial charge >= 0.3 is 5.97 Å². The highest BCUT2D eigenvalue weighted by Gasteiger charge is 2.22. The summed E-state index contributed by atoms with van der Waals surface area (Å²) in [6.07, 6.45) is 4.53. The van der Waals surface area contributed by atoms with E-state index in [1.165, 1.54) is 12.8 Å². The van der Waals surface area contributed by atoms with Gasteiger partial charge in [0.2, 0.25) is 5.91 Å². The molecular weight excluding hydrogens is 222 g/mol. The molecule has 1 rings (SSSR count). The van der Waals surface area contributed by atoms with E-state index in [-0.39, 0.29) is 12.5 Å². The van der Waals surface area contributed by atoms with E-state index in [0.717, 1.165) is 12.8 Å². The average Bonchev–Trinajstić information content (AvgIpc) is 3.07. The predicted molar refractivity (Wildman–Crippen MR) is 62.6 cm³/mol. The molecule has 0 bridgehead atoms. The van der Waals surface area contributed by atoms with E-state index in [1.807, 2.05) is 6.92 Å². The number of nitrogens with one attached hydrogen (secondary N) is 1. The van der Waals surface area contributed by atoms with Crippen LogP contribution in [0.5, 0.6) is 0 Å². The molecular formula is C12H21NO4. The van der Waals surface area contributed by atoms with Gasteiger partial charge in [0.15, 0.2) is 0 Å². The van der Waals surface area contributed by atoms with E-state index in [2.05, 4.69) is 5.32 Å². The van der Waals surface area contributed by atoms with Gasteiger partial charge in [-0.3, -0.25) is 4.79 Å². The van der Waals surface area contributed by atoms with Gasteiger partial charge in [0.05, 0.1) is 6.61 Å². The topological polar surface area (TPSA) is 75.6 Å². The second-order valence-corrected chi connectivity index (χ2v) is 4.56. The zero-order valence-electron chi connectivity index (χ0n) is 10.3. The van der Waals surface area contributed by atoms with Crippen molar-refractivity contribution in [3.63, 3.8) is 0 Å². The summed E-state index contributed by atoms with van der Waals surface area (Å²) in [5.74, 6) is -0.707. The molecule has 5 heteroatoms. The summed E-state index contributed by atoms with van der Waals surface area (Å²) in [6.45, 7) is 2.56. The fourth-order valence-electron chi connectivity index (χ4n) is 1.50. The van der Waals surface area contributed by atoms with Crippen molar-refractivity contribution in [1.29, 1.82) is 0 Å². The molecule has 0 heterocycles. The molecule has 1 aliphatic rings.